The summed E-state index contributed by atoms with van der Waals surface area (Å²) in [4.78, 5) is 12.4. The fourth-order valence-electron chi connectivity index (χ4n) is 3.89. The van der Waals surface area contributed by atoms with Gasteiger partial charge in [0.1, 0.15) is 6.61 Å². The lowest BCUT2D eigenvalue weighted by Gasteiger charge is -2.22. The maximum atomic E-state index is 12.4. The van der Waals surface area contributed by atoms with Crippen LogP contribution in [0.4, 0.5) is 0 Å². The molecule has 0 fully saturated rings. The molecule has 33 heavy (non-hydrogen) atoms. The van der Waals surface area contributed by atoms with Gasteiger partial charge >= 0.3 is 5.97 Å². The van der Waals surface area contributed by atoms with Crippen LogP contribution in [0, 0.1) is 27.7 Å². The third kappa shape index (κ3) is 5.94. The smallest absolute Gasteiger partial charge is 0.331 e. The Kier molecular flexibility index (Phi) is 7.48. The summed E-state index contributed by atoms with van der Waals surface area (Å²) in [7, 11) is 0. The van der Waals surface area contributed by atoms with Gasteiger partial charge in [-0.3, -0.25) is 4.68 Å². The molecular weight excluding hydrogens is 432 g/mol. The van der Waals surface area contributed by atoms with Crippen LogP contribution in [-0.2, 0) is 28.1 Å². The minimum Gasteiger partial charge on any atom is -0.458 e. The second-order valence-electron chi connectivity index (χ2n) is 9.61. The first-order valence-corrected chi connectivity index (χ1v) is 11.6. The van der Waals surface area contributed by atoms with Crippen molar-refractivity contribution in [2.75, 3.05) is 0 Å². The van der Waals surface area contributed by atoms with Crippen LogP contribution in [0.15, 0.2) is 42.5 Å². The largest absolute Gasteiger partial charge is 0.458 e. The minimum absolute atomic E-state index is 0.0828. The topological polar surface area (TPSA) is 44.1 Å². The molecule has 0 bridgehead atoms. The number of hydrogen-bond acceptors (Lipinski definition) is 3. The van der Waals surface area contributed by atoms with Crippen molar-refractivity contribution in [3.05, 3.63) is 92.3 Å². The van der Waals surface area contributed by atoms with Crippen LogP contribution in [0.2, 0.25) is 5.02 Å². The molecule has 2 aromatic carbocycles. The molecule has 0 spiro atoms. The van der Waals surface area contributed by atoms with Gasteiger partial charge in [0, 0.05) is 22.4 Å². The molecule has 3 aromatic rings. The average molecular weight is 465 g/mol. The summed E-state index contributed by atoms with van der Waals surface area (Å²) in [6.07, 6.45) is 3.26. The Labute approximate surface area is 202 Å². The van der Waals surface area contributed by atoms with E-state index >= 15 is 0 Å². The number of halogens is 1. The van der Waals surface area contributed by atoms with Crippen LogP contribution in [0.1, 0.15) is 65.5 Å². The number of carbonyl (C=O) groups excluding carboxylic acids is 1. The second kappa shape index (κ2) is 9.96. The van der Waals surface area contributed by atoms with Crippen molar-refractivity contribution in [3.8, 4) is 0 Å². The van der Waals surface area contributed by atoms with E-state index < -0.39 is 0 Å². The van der Waals surface area contributed by atoms with Gasteiger partial charge in [0.15, 0.2) is 0 Å². The van der Waals surface area contributed by atoms with Gasteiger partial charge in [-0.1, -0.05) is 62.7 Å². The summed E-state index contributed by atoms with van der Waals surface area (Å²) < 4.78 is 7.47. The van der Waals surface area contributed by atoms with Gasteiger partial charge in [0.05, 0.1) is 12.2 Å². The molecule has 0 aliphatic rings. The molecule has 0 aliphatic carbocycles. The zero-order valence-corrected chi connectivity index (χ0v) is 21.4. The third-order valence-corrected chi connectivity index (χ3v) is 6.39. The van der Waals surface area contributed by atoms with Crippen molar-refractivity contribution in [1.29, 1.82) is 0 Å². The highest BCUT2D eigenvalue weighted by molar-refractivity contribution is 6.31. The van der Waals surface area contributed by atoms with Gasteiger partial charge < -0.3 is 4.74 Å². The molecule has 0 saturated heterocycles. The summed E-state index contributed by atoms with van der Waals surface area (Å²) in [6, 6.07) is 12.1. The Bertz CT molecular complexity index is 1180. The maximum absolute atomic E-state index is 12.4. The van der Waals surface area contributed by atoms with E-state index in [0.717, 1.165) is 39.2 Å². The Morgan fingerprint density at radius 3 is 2.33 bits per heavy atom. The number of ether oxygens (including phenoxy) is 1. The van der Waals surface area contributed by atoms with Crippen molar-refractivity contribution < 1.29 is 9.53 Å². The number of aryl methyl sites for hydroxylation is 3. The fraction of sp³-hybridized carbons (Fsp3) is 0.357. The van der Waals surface area contributed by atoms with Crippen LogP contribution in [0.25, 0.3) is 6.08 Å². The number of nitrogens with zero attached hydrogens (tertiary/aromatic N) is 2. The number of hydrogen-bond donors (Lipinski definition) is 0. The van der Waals surface area contributed by atoms with E-state index in [2.05, 4.69) is 51.9 Å². The lowest BCUT2D eigenvalue weighted by atomic mass is 9.84. The Morgan fingerprint density at radius 1 is 1.09 bits per heavy atom. The van der Waals surface area contributed by atoms with Crippen molar-refractivity contribution in [2.24, 2.45) is 0 Å². The standard InChI is InChI=1S/C28H33ClN2O2/c1-18-14-23(28(5,6)7)15-19(2)25(18)17-33-27(32)13-12-24-20(3)30-31(21(24)4)16-22-10-8-9-11-26(22)29/h8-15H,16-17H2,1-7H3/b13-12+. The summed E-state index contributed by atoms with van der Waals surface area (Å²) in [5.41, 5.74) is 8.46. The zero-order valence-electron chi connectivity index (χ0n) is 20.6. The molecule has 0 unspecified atom stereocenters. The second-order valence-corrected chi connectivity index (χ2v) is 10.0. The predicted octanol–water partition coefficient (Wildman–Crippen LogP) is 6.87. The number of benzene rings is 2. The summed E-state index contributed by atoms with van der Waals surface area (Å²) in [5, 5.41) is 5.34. The van der Waals surface area contributed by atoms with Crippen LogP contribution in [-0.4, -0.2) is 15.7 Å². The molecule has 0 N–H and O–H groups in total. The number of aromatic nitrogens is 2. The van der Waals surface area contributed by atoms with E-state index in [1.54, 1.807) is 6.08 Å². The predicted molar refractivity (Wildman–Crippen MR) is 136 cm³/mol. The van der Waals surface area contributed by atoms with Gasteiger partial charge in [0.2, 0.25) is 0 Å². The normalized spacial score (nSPS) is 11.9. The van der Waals surface area contributed by atoms with Gasteiger partial charge in [-0.05, 0) is 73.1 Å². The van der Waals surface area contributed by atoms with Crippen molar-refractivity contribution in [3.63, 3.8) is 0 Å². The number of rotatable bonds is 6. The zero-order chi connectivity index (χ0) is 24.3. The van der Waals surface area contributed by atoms with E-state index in [1.165, 1.54) is 11.6 Å². The van der Waals surface area contributed by atoms with Gasteiger partial charge in [-0.2, -0.15) is 5.10 Å². The first kappa shape index (κ1) is 24.8. The van der Waals surface area contributed by atoms with E-state index in [0.29, 0.717) is 11.6 Å². The van der Waals surface area contributed by atoms with E-state index in [9.17, 15) is 4.79 Å². The molecule has 4 nitrogen and oxygen atoms in total. The highest BCUT2D eigenvalue weighted by Crippen LogP contribution is 2.27. The highest BCUT2D eigenvalue weighted by Gasteiger charge is 2.17. The Balaban J connectivity index is 1.69. The van der Waals surface area contributed by atoms with E-state index in [1.807, 2.05) is 42.8 Å². The van der Waals surface area contributed by atoms with E-state index in [4.69, 9.17) is 16.3 Å². The quantitative estimate of drug-likeness (QED) is 0.295. The first-order valence-electron chi connectivity index (χ1n) is 11.2. The first-order chi connectivity index (χ1) is 15.5. The Hall–Kier alpha value is -2.85. The molecule has 1 heterocycles. The molecule has 174 valence electrons. The van der Waals surface area contributed by atoms with Crippen LogP contribution in [0.3, 0.4) is 0 Å². The molecule has 5 heteroatoms. The van der Waals surface area contributed by atoms with Gasteiger partial charge in [-0.15, -0.1) is 0 Å². The highest BCUT2D eigenvalue weighted by atomic mass is 35.5. The molecule has 1 aromatic heterocycles. The molecule has 0 amide bonds. The number of carbonyl (C=O) groups is 1. The van der Waals surface area contributed by atoms with Gasteiger partial charge in [0.25, 0.3) is 0 Å². The molecular formula is C28H33ClN2O2. The summed E-state index contributed by atoms with van der Waals surface area (Å²) in [6.45, 7) is 15.5. The molecule has 0 saturated carbocycles. The van der Waals surface area contributed by atoms with Crippen molar-refractivity contribution in [2.45, 2.75) is 67.0 Å². The van der Waals surface area contributed by atoms with Crippen LogP contribution < -0.4 is 0 Å². The van der Waals surface area contributed by atoms with Crippen LogP contribution >= 0.6 is 11.6 Å². The van der Waals surface area contributed by atoms with Crippen LogP contribution in [0.5, 0.6) is 0 Å². The molecule has 0 atom stereocenters. The lowest BCUT2D eigenvalue weighted by Crippen LogP contribution is -2.13. The van der Waals surface area contributed by atoms with E-state index in [-0.39, 0.29) is 18.0 Å². The maximum Gasteiger partial charge on any atom is 0.331 e. The molecule has 3 rings (SSSR count). The minimum atomic E-state index is -0.369. The van der Waals surface area contributed by atoms with Gasteiger partial charge in [-0.25, -0.2) is 4.79 Å². The lowest BCUT2D eigenvalue weighted by molar-refractivity contribution is -0.138. The summed E-state index contributed by atoms with van der Waals surface area (Å²) in [5.74, 6) is -0.369. The molecule has 0 radical (unpaired) electrons. The average Bonchev–Trinajstić information content (AvgIpc) is 2.99. The fourth-order valence-corrected chi connectivity index (χ4v) is 4.09. The number of esters is 1. The monoisotopic (exact) mass is 464 g/mol. The summed E-state index contributed by atoms with van der Waals surface area (Å²) >= 11 is 6.30. The van der Waals surface area contributed by atoms with Crippen molar-refractivity contribution >= 4 is 23.6 Å². The Morgan fingerprint density at radius 2 is 1.73 bits per heavy atom. The SMILES string of the molecule is Cc1cc(C(C)(C)C)cc(C)c1COC(=O)/C=C/c1c(C)nn(Cc2ccccc2Cl)c1C. The van der Waals surface area contributed by atoms with Crippen molar-refractivity contribution in [1.82, 2.24) is 9.78 Å². The molecule has 0 aliphatic heterocycles. The third-order valence-electron chi connectivity index (χ3n) is 6.02.